The van der Waals surface area contributed by atoms with Gasteiger partial charge in [0.1, 0.15) is 0 Å². The first kappa shape index (κ1) is 13.5. The number of halogens is 1. The SMILES string of the molecule is CCCCCNC(C)(CCl)c1ccccc1. The van der Waals surface area contributed by atoms with Crippen LogP contribution in [0.25, 0.3) is 0 Å². The molecule has 0 amide bonds. The highest BCUT2D eigenvalue weighted by Crippen LogP contribution is 2.21. The molecule has 1 N–H and O–H groups in total. The Balaban J connectivity index is 2.56. The molecular weight excluding hydrogens is 218 g/mol. The van der Waals surface area contributed by atoms with Crippen molar-refractivity contribution in [3.05, 3.63) is 35.9 Å². The second-order valence-corrected chi connectivity index (χ2v) is 4.73. The van der Waals surface area contributed by atoms with Crippen LogP contribution in [0.1, 0.15) is 38.7 Å². The Labute approximate surface area is 104 Å². The fourth-order valence-corrected chi connectivity index (χ4v) is 2.02. The van der Waals surface area contributed by atoms with Crippen molar-refractivity contribution in [1.29, 1.82) is 0 Å². The van der Waals surface area contributed by atoms with Gasteiger partial charge in [0, 0.05) is 5.88 Å². The second-order valence-electron chi connectivity index (χ2n) is 4.47. The van der Waals surface area contributed by atoms with E-state index in [-0.39, 0.29) is 5.54 Å². The van der Waals surface area contributed by atoms with Crippen molar-refractivity contribution < 1.29 is 0 Å². The minimum Gasteiger partial charge on any atom is -0.307 e. The van der Waals surface area contributed by atoms with E-state index in [1.807, 2.05) is 6.07 Å². The zero-order valence-electron chi connectivity index (χ0n) is 10.3. The van der Waals surface area contributed by atoms with E-state index in [0.29, 0.717) is 5.88 Å². The van der Waals surface area contributed by atoms with Gasteiger partial charge in [0.15, 0.2) is 0 Å². The van der Waals surface area contributed by atoms with Crippen molar-refractivity contribution >= 4 is 11.6 Å². The Kier molecular flexibility index (Phi) is 5.86. The first-order valence-corrected chi connectivity index (χ1v) is 6.63. The molecule has 1 aromatic carbocycles. The molecule has 0 spiro atoms. The molecule has 1 atom stereocenters. The minimum absolute atomic E-state index is 0.101. The lowest BCUT2D eigenvalue weighted by molar-refractivity contribution is 0.402. The first-order chi connectivity index (χ1) is 7.73. The van der Waals surface area contributed by atoms with E-state index in [1.54, 1.807) is 0 Å². The molecule has 0 aromatic heterocycles. The minimum atomic E-state index is -0.101. The van der Waals surface area contributed by atoms with Gasteiger partial charge in [-0.15, -0.1) is 11.6 Å². The van der Waals surface area contributed by atoms with E-state index in [0.717, 1.165) is 6.54 Å². The number of hydrogen-bond donors (Lipinski definition) is 1. The zero-order valence-corrected chi connectivity index (χ0v) is 11.1. The van der Waals surface area contributed by atoms with Crippen molar-refractivity contribution in [2.45, 2.75) is 38.6 Å². The average Bonchev–Trinajstić information content (AvgIpc) is 2.35. The Morgan fingerprint density at radius 3 is 2.44 bits per heavy atom. The maximum atomic E-state index is 6.09. The van der Waals surface area contributed by atoms with Gasteiger partial charge in [-0.3, -0.25) is 0 Å². The fourth-order valence-electron chi connectivity index (χ4n) is 1.77. The summed E-state index contributed by atoms with van der Waals surface area (Å²) in [6.07, 6.45) is 3.75. The topological polar surface area (TPSA) is 12.0 Å². The van der Waals surface area contributed by atoms with Crippen LogP contribution in [-0.4, -0.2) is 12.4 Å². The monoisotopic (exact) mass is 239 g/mol. The van der Waals surface area contributed by atoms with Crippen LogP contribution in [0.15, 0.2) is 30.3 Å². The van der Waals surface area contributed by atoms with E-state index < -0.39 is 0 Å². The van der Waals surface area contributed by atoms with Crippen molar-refractivity contribution in [1.82, 2.24) is 5.32 Å². The van der Waals surface area contributed by atoms with Gasteiger partial charge in [-0.2, -0.15) is 0 Å². The Hall–Kier alpha value is -0.530. The number of hydrogen-bond acceptors (Lipinski definition) is 1. The van der Waals surface area contributed by atoms with Crippen molar-refractivity contribution in [3.8, 4) is 0 Å². The number of nitrogens with one attached hydrogen (secondary N) is 1. The van der Waals surface area contributed by atoms with Crippen molar-refractivity contribution in [2.75, 3.05) is 12.4 Å². The summed E-state index contributed by atoms with van der Waals surface area (Å²) in [5.74, 6) is 0.600. The molecule has 0 aliphatic carbocycles. The summed E-state index contributed by atoms with van der Waals surface area (Å²) in [7, 11) is 0. The van der Waals surface area contributed by atoms with Crippen LogP contribution in [0.3, 0.4) is 0 Å². The molecule has 90 valence electrons. The van der Waals surface area contributed by atoms with E-state index in [2.05, 4.69) is 43.4 Å². The molecule has 0 bridgehead atoms. The first-order valence-electron chi connectivity index (χ1n) is 6.09. The van der Waals surface area contributed by atoms with Gasteiger partial charge in [0.05, 0.1) is 5.54 Å². The summed E-state index contributed by atoms with van der Waals surface area (Å²) >= 11 is 6.09. The van der Waals surface area contributed by atoms with Crippen LogP contribution < -0.4 is 5.32 Å². The Bertz CT molecular complexity index is 286. The summed E-state index contributed by atoms with van der Waals surface area (Å²) in [5.41, 5.74) is 1.16. The lowest BCUT2D eigenvalue weighted by Crippen LogP contribution is -2.41. The van der Waals surface area contributed by atoms with E-state index >= 15 is 0 Å². The molecule has 1 unspecified atom stereocenters. The third-order valence-electron chi connectivity index (χ3n) is 2.97. The molecule has 16 heavy (non-hydrogen) atoms. The highest BCUT2D eigenvalue weighted by molar-refractivity contribution is 6.18. The molecule has 1 aromatic rings. The van der Waals surface area contributed by atoms with Crippen LogP contribution >= 0.6 is 11.6 Å². The third kappa shape index (κ3) is 3.80. The number of rotatable bonds is 7. The van der Waals surface area contributed by atoms with E-state index in [9.17, 15) is 0 Å². The molecule has 0 aliphatic heterocycles. The van der Waals surface area contributed by atoms with Gasteiger partial charge in [0.25, 0.3) is 0 Å². The lowest BCUT2D eigenvalue weighted by Gasteiger charge is -2.29. The fraction of sp³-hybridized carbons (Fsp3) is 0.571. The van der Waals surface area contributed by atoms with Crippen LogP contribution in [0, 0.1) is 0 Å². The Morgan fingerprint density at radius 1 is 1.19 bits per heavy atom. The number of alkyl halides is 1. The van der Waals surface area contributed by atoms with Gasteiger partial charge in [-0.25, -0.2) is 0 Å². The van der Waals surface area contributed by atoms with Crippen molar-refractivity contribution in [2.24, 2.45) is 0 Å². The van der Waals surface area contributed by atoms with Crippen LogP contribution in [0.4, 0.5) is 0 Å². The molecule has 0 radical (unpaired) electrons. The number of unbranched alkanes of at least 4 members (excludes halogenated alkanes) is 2. The van der Waals surface area contributed by atoms with Gasteiger partial charge in [-0.1, -0.05) is 50.1 Å². The highest BCUT2D eigenvalue weighted by Gasteiger charge is 2.23. The smallest absolute Gasteiger partial charge is 0.0543 e. The number of benzene rings is 1. The van der Waals surface area contributed by atoms with Crippen LogP contribution in [0.5, 0.6) is 0 Å². The summed E-state index contributed by atoms with van der Waals surface area (Å²) in [6.45, 7) is 5.42. The molecule has 0 saturated carbocycles. The average molecular weight is 240 g/mol. The van der Waals surface area contributed by atoms with Crippen molar-refractivity contribution in [3.63, 3.8) is 0 Å². The molecule has 0 heterocycles. The zero-order chi connectivity index (χ0) is 11.9. The van der Waals surface area contributed by atoms with Crippen LogP contribution in [0.2, 0.25) is 0 Å². The normalized spacial score (nSPS) is 14.7. The third-order valence-corrected chi connectivity index (χ3v) is 3.51. The quantitative estimate of drug-likeness (QED) is 0.562. The molecule has 0 saturated heterocycles. The van der Waals surface area contributed by atoms with Gasteiger partial charge in [0.2, 0.25) is 0 Å². The van der Waals surface area contributed by atoms with Gasteiger partial charge in [-0.05, 0) is 25.5 Å². The second kappa shape index (κ2) is 6.93. The summed E-state index contributed by atoms with van der Waals surface area (Å²) in [4.78, 5) is 0. The van der Waals surface area contributed by atoms with Gasteiger partial charge < -0.3 is 5.32 Å². The summed E-state index contributed by atoms with van der Waals surface area (Å²) in [6, 6.07) is 10.4. The maximum Gasteiger partial charge on any atom is 0.0543 e. The predicted octanol–water partition coefficient (Wildman–Crippen LogP) is 3.92. The molecule has 0 aliphatic rings. The largest absolute Gasteiger partial charge is 0.307 e. The molecule has 2 heteroatoms. The van der Waals surface area contributed by atoms with Gasteiger partial charge >= 0.3 is 0 Å². The predicted molar refractivity (Wildman–Crippen MR) is 72.0 cm³/mol. The Morgan fingerprint density at radius 2 is 1.88 bits per heavy atom. The summed E-state index contributed by atoms with van der Waals surface area (Å²) < 4.78 is 0. The standard InChI is InChI=1S/C14H22ClN/c1-3-4-8-11-16-14(2,12-15)13-9-6-5-7-10-13/h5-7,9-10,16H,3-4,8,11-12H2,1-2H3. The molecular formula is C14H22ClN. The molecule has 1 nitrogen and oxygen atoms in total. The van der Waals surface area contributed by atoms with E-state index in [1.165, 1.54) is 24.8 Å². The van der Waals surface area contributed by atoms with Crippen LogP contribution in [-0.2, 0) is 5.54 Å². The lowest BCUT2D eigenvalue weighted by atomic mass is 9.94. The maximum absolute atomic E-state index is 6.09. The van der Waals surface area contributed by atoms with E-state index in [4.69, 9.17) is 11.6 Å². The highest BCUT2D eigenvalue weighted by atomic mass is 35.5. The summed E-state index contributed by atoms with van der Waals surface area (Å²) in [5, 5.41) is 3.56. The molecule has 0 fully saturated rings. The molecule has 1 rings (SSSR count).